The van der Waals surface area contributed by atoms with E-state index in [4.69, 9.17) is 9.84 Å². The monoisotopic (exact) mass is 174 g/mol. The Morgan fingerprint density at radius 2 is 2.17 bits per heavy atom. The van der Waals surface area contributed by atoms with Crippen molar-refractivity contribution in [2.75, 3.05) is 19.8 Å². The minimum atomic E-state index is -0.492. The van der Waals surface area contributed by atoms with Gasteiger partial charge in [0.15, 0.2) is 5.76 Å². The van der Waals surface area contributed by atoms with Crippen molar-refractivity contribution in [2.45, 2.75) is 13.8 Å². The largest absolute Gasteiger partial charge is 0.484 e. The molecule has 0 heterocycles. The summed E-state index contributed by atoms with van der Waals surface area (Å²) in [5.41, 5.74) is 0. The van der Waals surface area contributed by atoms with Crippen LogP contribution in [0.2, 0.25) is 0 Å². The van der Waals surface area contributed by atoms with Gasteiger partial charge in [0, 0.05) is 0 Å². The third-order valence-corrected chi connectivity index (χ3v) is 1.09. The van der Waals surface area contributed by atoms with E-state index >= 15 is 0 Å². The van der Waals surface area contributed by atoms with Crippen LogP contribution in [0.25, 0.3) is 0 Å². The SMILES string of the molecule is CC=C(OCCO)C(=O)OCC. The quantitative estimate of drug-likeness (QED) is 0.374. The van der Waals surface area contributed by atoms with E-state index in [1.54, 1.807) is 13.8 Å². The number of aliphatic hydroxyl groups excluding tert-OH is 1. The van der Waals surface area contributed by atoms with E-state index in [9.17, 15) is 4.79 Å². The van der Waals surface area contributed by atoms with E-state index in [1.807, 2.05) is 0 Å². The molecule has 0 bridgehead atoms. The number of esters is 1. The normalized spacial score (nSPS) is 11.1. The lowest BCUT2D eigenvalue weighted by molar-refractivity contribution is -0.142. The maximum absolute atomic E-state index is 11.0. The Balaban J connectivity index is 3.90. The molecule has 0 saturated heterocycles. The predicted molar refractivity (Wildman–Crippen MR) is 43.4 cm³/mol. The van der Waals surface area contributed by atoms with E-state index in [2.05, 4.69) is 4.74 Å². The zero-order chi connectivity index (χ0) is 9.40. The Morgan fingerprint density at radius 3 is 2.58 bits per heavy atom. The summed E-state index contributed by atoms with van der Waals surface area (Å²) in [7, 11) is 0. The van der Waals surface area contributed by atoms with Gasteiger partial charge in [0.25, 0.3) is 0 Å². The third kappa shape index (κ3) is 3.98. The molecule has 0 atom stereocenters. The molecule has 0 unspecified atom stereocenters. The summed E-state index contributed by atoms with van der Waals surface area (Å²) in [6, 6.07) is 0. The number of aliphatic hydroxyl groups is 1. The number of carbonyl (C=O) groups is 1. The summed E-state index contributed by atoms with van der Waals surface area (Å²) in [5, 5.41) is 8.42. The second kappa shape index (κ2) is 6.67. The molecule has 70 valence electrons. The summed E-state index contributed by atoms with van der Waals surface area (Å²) in [6.07, 6.45) is 1.51. The molecular formula is C8H14O4. The topological polar surface area (TPSA) is 55.8 Å². The van der Waals surface area contributed by atoms with Gasteiger partial charge in [0.05, 0.1) is 13.2 Å². The summed E-state index contributed by atoms with van der Waals surface area (Å²) in [5.74, 6) is -0.348. The maximum atomic E-state index is 11.0. The number of ether oxygens (including phenoxy) is 2. The zero-order valence-corrected chi connectivity index (χ0v) is 7.37. The highest BCUT2D eigenvalue weighted by Crippen LogP contribution is 1.99. The maximum Gasteiger partial charge on any atom is 0.373 e. The second-order valence-electron chi connectivity index (χ2n) is 1.95. The number of rotatable bonds is 5. The van der Waals surface area contributed by atoms with Gasteiger partial charge < -0.3 is 14.6 Å². The van der Waals surface area contributed by atoms with Gasteiger partial charge in [0.2, 0.25) is 0 Å². The second-order valence-corrected chi connectivity index (χ2v) is 1.95. The van der Waals surface area contributed by atoms with Crippen molar-refractivity contribution in [1.82, 2.24) is 0 Å². The van der Waals surface area contributed by atoms with Crippen LogP contribution in [0, 0.1) is 0 Å². The van der Waals surface area contributed by atoms with Crippen LogP contribution in [0.15, 0.2) is 11.8 Å². The molecule has 0 rings (SSSR count). The molecule has 0 aromatic carbocycles. The van der Waals surface area contributed by atoms with Crippen molar-refractivity contribution in [1.29, 1.82) is 0 Å². The molecule has 12 heavy (non-hydrogen) atoms. The lowest BCUT2D eigenvalue weighted by Crippen LogP contribution is -2.12. The molecule has 0 radical (unpaired) electrons. The standard InChI is InChI=1S/C8H14O4/c1-3-7(12-6-5-9)8(10)11-4-2/h3,9H,4-6H2,1-2H3. The number of hydrogen-bond donors (Lipinski definition) is 1. The highest BCUT2D eigenvalue weighted by molar-refractivity contribution is 5.86. The zero-order valence-electron chi connectivity index (χ0n) is 7.37. The van der Waals surface area contributed by atoms with E-state index in [0.29, 0.717) is 6.61 Å². The molecule has 0 spiro atoms. The fraction of sp³-hybridized carbons (Fsp3) is 0.625. The number of hydrogen-bond acceptors (Lipinski definition) is 4. The molecule has 0 aliphatic rings. The van der Waals surface area contributed by atoms with Crippen molar-refractivity contribution in [3.05, 3.63) is 11.8 Å². The van der Waals surface area contributed by atoms with Gasteiger partial charge in [-0.1, -0.05) is 0 Å². The fourth-order valence-electron chi connectivity index (χ4n) is 0.618. The first-order chi connectivity index (χ1) is 5.76. The average molecular weight is 174 g/mol. The van der Waals surface area contributed by atoms with Crippen LogP contribution in [-0.4, -0.2) is 30.9 Å². The van der Waals surface area contributed by atoms with Crippen LogP contribution in [0.1, 0.15) is 13.8 Å². The predicted octanol–water partition coefficient (Wildman–Crippen LogP) is 0.462. The number of allylic oxidation sites excluding steroid dienone is 1. The molecule has 1 N–H and O–H groups in total. The summed E-state index contributed by atoms with van der Waals surface area (Å²) in [4.78, 5) is 11.0. The van der Waals surface area contributed by atoms with Crippen molar-refractivity contribution in [2.24, 2.45) is 0 Å². The first-order valence-corrected chi connectivity index (χ1v) is 3.83. The highest BCUT2D eigenvalue weighted by Gasteiger charge is 2.09. The van der Waals surface area contributed by atoms with Gasteiger partial charge in [-0.25, -0.2) is 4.79 Å². The van der Waals surface area contributed by atoms with Crippen molar-refractivity contribution in [3.63, 3.8) is 0 Å². The van der Waals surface area contributed by atoms with Gasteiger partial charge in [-0.3, -0.25) is 0 Å². The molecule has 0 aromatic heterocycles. The highest BCUT2D eigenvalue weighted by atomic mass is 16.6. The third-order valence-electron chi connectivity index (χ3n) is 1.09. The Morgan fingerprint density at radius 1 is 1.50 bits per heavy atom. The van der Waals surface area contributed by atoms with Crippen LogP contribution < -0.4 is 0 Å². The molecule has 4 heteroatoms. The first kappa shape index (κ1) is 11.0. The van der Waals surface area contributed by atoms with Crippen molar-refractivity contribution in [3.8, 4) is 0 Å². The van der Waals surface area contributed by atoms with Gasteiger partial charge in [0.1, 0.15) is 6.61 Å². The van der Waals surface area contributed by atoms with E-state index in [0.717, 1.165) is 0 Å². The van der Waals surface area contributed by atoms with Gasteiger partial charge in [-0.15, -0.1) is 0 Å². The number of carbonyl (C=O) groups excluding carboxylic acids is 1. The van der Waals surface area contributed by atoms with Crippen molar-refractivity contribution >= 4 is 5.97 Å². The van der Waals surface area contributed by atoms with Gasteiger partial charge in [-0.2, -0.15) is 0 Å². The molecular weight excluding hydrogens is 160 g/mol. The Kier molecular flexibility index (Phi) is 6.09. The van der Waals surface area contributed by atoms with Gasteiger partial charge >= 0.3 is 5.97 Å². The van der Waals surface area contributed by atoms with Crippen LogP contribution in [-0.2, 0) is 14.3 Å². The molecule has 0 amide bonds. The summed E-state index contributed by atoms with van der Waals surface area (Å²) < 4.78 is 9.57. The lowest BCUT2D eigenvalue weighted by Gasteiger charge is -2.06. The van der Waals surface area contributed by atoms with E-state index < -0.39 is 5.97 Å². The summed E-state index contributed by atoms with van der Waals surface area (Å²) in [6.45, 7) is 3.70. The molecule has 0 aromatic rings. The Labute approximate surface area is 71.8 Å². The van der Waals surface area contributed by atoms with Crippen LogP contribution in [0.5, 0.6) is 0 Å². The van der Waals surface area contributed by atoms with Crippen LogP contribution in [0.3, 0.4) is 0 Å². The minimum absolute atomic E-state index is 0.110. The van der Waals surface area contributed by atoms with E-state index in [1.165, 1.54) is 6.08 Å². The summed E-state index contributed by atoms with van der Waals surface area (Å²) >= 11 is 0. The smallest absolute Gasteiger partial charge is 0.373 e. The molecule has 0 fully saturated rings. The molecule has 0 aliphatic carbocycles. The molecule has 4 nitrogen and oxygen atoms in total. The van der Waals surface area contributed by atoms with Gasteiger partial charge in [-0.05, 0) is 19.9 Å². The Hall–Kier alpha value is -1.03. The lowest BCUT2D eigenvalue weighted by atomic mass is 10.4. The minimum Gasteiger partial charge on any atom is -0.484 e. The van der Waals surface area contributed by atoms with E-state index in [-0.39, 0.29) is 19.0 Å². The van der Waals surface area contributed by atoms with Crippen LogP contribution in [0.4, 0.5) is 0 Å². The molecule has 0 saturated carbocycles. The van der Waals surface area contributed by atoms with Crippen molar-refractivity contribution < 1.29 is 19.4 Å². The first-order valence-electron chi connectivity index (χ1n) is 3.83. The Bertz CT molecular complexity index is 162. The molecule has 0 aliphatic heterocycles. The average Bonchev–Trinajstić information content (AvgIpc) is 2.06. The fourth-order valence-corrected chi connectivity index (χ4v) is 0.618. The van der Waals surface area contributed by atoms with Crippen LogP contribution >= 0.6 is 0 Å².